The van der Waals surface area contributed by atoms with Crippen molar-refractivity contribution in [3.63, 3.8) is 0 Å². The molecule has 0 aliphatic heterocycles. The summed E-state index contributed by atoms with van der Waals surface area (Å²) >= 11 is 5.18. The molecule has 1 aromatic carbocycles. The Labute approximate surface area is 135 Å². The van der Waals surface area contributed by atoms with Gasteiger partial charge in [-0.2, -0.15) is 0 Å². The van der Waals surface area contributed by atoms with Gasteiger partial charge in [-0.1, -0.05) is 0 Å². The Balaban J connectivity index is 1.93. The third-order valence-electron chi connectivity index (χ3n) is 3.07. The normalized spacial score (nSPS) is 10.8. The predicted molar refractivity (Wildman–Crippen MR) is 90.2 cm³/mol. The maximum atomic E-state index is 5.25. The van der Waals surface area contributed by atoms with Crippen LogP contribution in [0.2, 0.25) is 0 Å². The molecular formula is C15H14BrN3OS. The summed E-state index contributed by atoms with van der Waals surface area (Å²) in [6, 6.07) is 7.95. The lowest BCUT2D eigenvalue weighted by Gasteiger charge is -2.09. The number of methoxy groups -OCH3 is 1. The van der Waals surface area contributed by atoms with Gasteiger partial charge >= 0.3 is 0 Å². The Bertz CT molecular complexity index is 788. The number of aromatic nitrogens is 2. The zero-order valence-corrected chi connectivity index (χ0v) is 14.1. The van der Waals surface area contributed by atoms with Crippen molar-refractivity contribution in [2.24, 2.45) is 0 Å². The maximum absolute atomic E-state index is 5.25. The topological polar surface area (TPSA) is 47.0 Å². The molecule has 0 unspecified atom stereocenters. The van der Waals surface area contributed by atoms with Crippen molar-refractivity contribution in [1.29, 1.82) is 0 Å². The summed E-state index contributed by atoms with van der Waals surface area (Å²) in [5.74, 6) is 2.39. The third kappa shape index (κ3) is 3.16. The van der Waals surface area contributed by atoms with Crippen molar-refractivity contribution in [3.8, 4) is 5.75 Å². The summed E-state index contributed by atoms with van der Waals surface area (Å²) < 4.78 is 6.36. The van der Waals surface area contributed by atoms with Crippen LogP contribution in [0, 0.1) is 6.92 Å². The lowest BCUT2D eigenvalue weighted by molar-refractivity contribution is 0.415. The molecule has 0 radical (unpaired) electrons. The smallest absolute Gasteiger partial charge is 0.137 e. The second kappa shape index (κ2) is 5.99. The lowest BCUT2D eigenvalue weighted by atomic mass is 10.2. The average molecular weight is 364 g/mol. The molecule has 3 aromatic rings. The van der Waals surface area contributed by atoms with Gasteiger partial charge in [-0.05, 0) is 41.1 Å². The zero-order valence-electron chi connectivity index (χ0n) is 11.7. The van der Waals surface area contributed by atoms with E-state index in [0.717, 1.165) is 39.3 Å². The fraction of sp³-hybridized carbons (Fsp3) is 0.200. The first kappa shape index (κ1) is 14.3. The predicted octanol–water partition coefficient (Wildman–Crippen LogP) is 4.38. The standard InChI is InChI=1S/C15H14BrN3OS/c1-9-18-14-6-11(20-2)3-4-13(14)15(19-9)17-7-12-5-10(16)8-21-12/h3-6,8H,7H2,1-2H3,(H,17,18,19). The molecule has 0 spiro atoms. The molecule has 0 atom stereocenters. The van der Waals surface area contributed by atoms with Crippen LogP contribution in [-0.4, -0.2) is 17.1 Å². The quantitative estimate of drug-likeness (QED) is 0.746. The minimum atomic E-state index is 0.741. The van der Waals surface area contributed by atoms with Crippen LogP contribution in [0.15, 0.2) is 34.1 Å². The number of thiophene rings is 1. The summed E-state index contributed by atoms with van der Waals surface area (Å²) in [6.45, 7) is 2.64. The van der Waals surface area contributed by atoms with Gasteiger partial charge in [0.25, 0.3) is 0 Å². The molecule has 21 heavy (non-hydrogen) atoms. The zero-order chi connectivity index (χ0) is 14.8. The number of fused-ring (bicyclic) bond motifs is 1. The van der Waals surface area contributed by atoms with E-state index in [1.165, 1.54) is 4.88 Å². The average Bonchev–Trinajstić information content (AvgIpc) is 2.89. The van der Waals surface area contributed by atoms with Crippen LogP contribution in [0.1, 0.15) is 10.7 Å². The molecule has 0 aliphatic rings. The number of rotatable bonds is 4. The lowest BCUT2D eigenvalue weighted by Crippen LogP contribution is -2.03. The molecule has 2 aromatic heterocycles. The van der Waals surface area contributed by atoms with E-state index in [1.54, 1.807) is 18.4 Å². The number of aryl methyl sites for hydroxylation is 1. The Morgan fingerprint density at radius 1 is 1.29 bits per heavy atom. The largest absolute Gasteiger partial charge is 0.497 e. The molecule has 0 saturated carbocycles. The summed E-state index contributed by atoms with van der Waals surface area (Å²) in [6.07, 6.45) is 0. The number of anilines is 1. The number of halogens is 1. The second-order valence-corrected chi connectivity index (χ2v) is 6.50. The van der Waals surface area contributed by atoms with Gasteiger partial charge in [-0.15, -0.1) is 11.3 Å². The van der Waals surface area contributed by atoms with E-state index >= 15 is 0 Å². The van der Waals surface area contributed by atoms with Crippen LogP contribution in [0.25, 0.3) is 10.9 Å². The van der Waals surface area contributed by atoms with Crippen LogP contribution >= 0.6 is 27.3 Å². The first-order chi connectivity index (χ1) is 10.2. The van der Waals surface area contributed by atoms with E-state index in [2.05, 4.69) is 42.7 Å². The van der Waals surface area contributed by atoms with Crippen LogP contribution < -0.4 is 10.1 Å². The van der Waals surface area contributed by atoms with Crippen molar-refractivity contribution in [1.82, 2.24) is 9.97 Å². The summed E-state index contributed by atoms with van der Waals surface area (Å²) in [4.78, 5) is 10.2. The molecule has 0 saturated heterocycles. The molecule has 1 N–H and O–H groups in total. The SMILES string of the molecule is COc1ccc2c(NCc3cc(Br)cs3)nc(C)nc2c1. The van der Waals surface area contributed by atoms with Gasteiger partial charge in [-0.3, -0.25) is 0 Å². The van der Waals surface area contributed by atoms with Crippen molar-refractivity contribution < 1.29 is 4.74 Å². The number of nitrogens with one attached hydrogen (secondary N) is 1. The number of hydrogen-bond donors (Lipinski definition) is 1. The molecule has 6 heteroatoms. The van der Waals surface area contributed by atoms with Crippen molar-refractivity contribution >= 4 is 44.0 Å². The van der Waals surface area contributed by atoms with Crippen LogP contribution in [0.4, 0.5) is 5.82 Å². The van der Waals surface area contributed by atoms with Gasteiger partial charge in [0.1, 0.15) is 17.4 Å². The van der Waals surface area contributed by atoms with Gasteiger partial charge in [0.15, 0.2) is 0 Å². The number of hydrogen-bond acceptors (Lipinski definition) is 5. The number of nitrogens with zero attached hydrogens (tertiary/aromatic N) is 2. The summed E-state index contributed by atoms with van der Waals surface area (Å²) in [7, 11) is 1.66. The van der Waals surface area contributed by atoms with Crippen LogP contribution in [0.3, 0.4) is 0 Å². The van der Waals surface area contributed by atoms with Crippen molar-refractivity contribution in [3.05, 3.63) is 44.8 Å². The van der Waals surface area contributed by atoms with Crippen molar-refractivity contribution in [2.45, 2.75) is 13.5 Å². The van der Waals surface area contributed by atoms with E-state index in [4.69, 9.17) is 4.74 Å². The fourth-order valence-electron chi connectivity index (χ4n) is 2.10. The van der Waals surface area contributed by atoms with Gasteiger partial charge in [0.05, 0.1) is 19.2 Å². The van der Waals surface area contributed by atoms with Gasteiger partial charge in [0.2, 0.25) is 0 Å². The summed E-state index contributed by atoms with van der Waals surface area (Å²) in [5.41, 5.74) is 0.886. The molecule has 108 valence electrons. The fourth-order valence-corrected chi connectivity index (χ4v) is 3.50. The highest BCUT2D eigenvalue weighted by molar-refractivity contribution is 9.10. The molecule has 2 heterocycles. The van der Waals surface area contributed by atoms with E-state index in [-0.39, 0.29) is 0 Å². The molecule has 3 rings (SSSR count). The minimum absolute atomic E-state index is 0.741. The van der Waals surface area contributed by atoms with E-state index in [0.29, 0.717) is 0 Å². The highest BCUT2D eigenvalue weighted by Gasteiger charge is 2.07. The van der Waals surface area contributed by atoms with E-state index in [9.17, 15) is 0 Å². The second-order valence-electron chi connectivity index (χ2n) is 4.59. The Hall–Kier alpha value is -1.66. The van der Waals surface area contributed by atoms with Gasteiger partial charge in [-0.25, -0.2) is 9.97 Å². The van der Waals surface area contributed by atoms with E-state index < -0.39 is 0 Å². The highest BCUT2D eigenvalue weighted by atomic mass is 79.9. The van der Waals surface area contributed by atoms with Crippen LogP contribution in [0.5, 0.6) is 5.75 Å². The van der Waals surface area contributed by atoms with E-state index in [1.807, 2.05) is 25.1 Å². The van der Waals surface area contributed by atoms with Crippen molar-refractivity contribution in [2.75, 3.05) is 12.4 Å². The molecular weight excluding hydrogens is 350 g/mol. The Morgan fingerprint density at radius 3 is 2.86 bits per heavy atom. The molecule has 0 fully saturated rings. The Kier molecular flexibility index (Phi) is 4.07. The number of benzene rings is 1. The first-order valence-electron chi connectivity index (χ1n) is 6.45. The summed E-state index contributed by atoms with van der Waals surface area (Å²) in [5, 5.41) is 6.47. The molecule has 0 aliphatic carbocycles. The third-order valence-corrected chi connectivity index (χ3v) is 4.77. The first-order valence-corrected chi connectivity index (χ1v) is 8.12. The Morgan fingerprint density at radius 2 is 2.14 bits per heavy atom. The molecule has 0 bridgehead atoms. The monoisotopic (exact) mass is 363 g/mol. The van der Waals surface area contributed by atoms with Crippen LogP contribution in [-0.2, 0) is 6.54 Å². The minimum Gasteiger partial charge on any atom is -0.497 e. The van der Waals surface area contributed by atoms with Gasteiger partial charge < -0.3 is 10.1 Å². The maximum Gasteiger partial charge on any atom is 0.137 e. The highest BCUT2D eigenvalue weighted by Crippen LogP contribution is 2.26. The molecule has 0 amide bonds. The van der Waals surface area contributed by atoms with Gasteiger partial charge in [0, 0.05) is 26.2 Å². The molecule has 4 nitrogen and oxygen atoms in total. The number of ether oxygens (including phenoxy) is 1.